The van der Waals surface area contributed by atoms with Crippen LogP contribution >= 0.6 is 11.6 Å². The monoisotopic (exact) mass is 258 g/mol. The molecule has 0 unspecified atom stereocenters. The first-order valence-electron chi connectivity index (χ1n) is 5.59. The van der Waals surface area contributed by atoms with Crippen LogP contribution in [0.15, 0.2) is 18.2 Å². The van der Waals surface area contributed by atoms with E-state index in [1.807, 2.05) is 0 Å². The molecule has 0 radical (unpaired) electrons. The fourth-order valence-electron chi connectivity index (χ4n) is 1.34. The molecule has 0 saturated carbocycles. The van der Waals surface area contributed by atoms with Crippen molar-refractivity contribution in [3.05, 3.63) is 34.6 Å². The van der Waals surface area contributed by atoms with Crippen LogP contribution in [0.4, 0.5) is 4.39 Å². The van der Waals surface area contributed by atoms with E-state index in [1.54, 1.807) is 0 Å². The van der Waals surface area contributed by atoms with Crippen LogP contribution in [0.1, 0.15) is 23.7 Å². The molecule has 0 saturated heterocycles. The number of nitrogens with one attached hydrogen (secondary N) is 2. The van der Waals surface area contributed by atoms with E-state index in [4.69, 9.17) is 11.6 Å². The molecule has 0 aromatic heterocycles. The number of benzene rings is 1. The molecule has 0 heterocycles. The van der Waals surface area contributed by atoms with Gasteiger partial charge >= 0.3 is 0 Å². The van der Waals surface area contributed by atoms with Gasteiger partial charge < -0.3 is 10.6 Å². The van der Waals surface area contributed by atoms with Gasteiger partial charge in [0.1, 0.15) is 5.82 Å². The van der Waals surface area contributed by atoms with Gasteiger partial charge in [-0.25, -0.2) is 4.39 Å². The third-order valence-corrected chi connectivity index (χ3v) is 2.50. The lowest BCUT2D eigenvalue weighted by molar-refractivity contribution is 0.0954. The van der Waals surface area contributed by atoms with Crippen molar-refractivity contribution in [1.82, 2.24) is 10.6 Å². The Labute approximate surface area is 105 Å². The zero-order valence-corrected chi connectivity index (χ0v) is 10.5. The first kappa shape index (κ1) is 13.9. The second-order valence-electron chi connectivity index (χ2n) is 3.63. The van der Waals surface area contributed by atoms with Crippen molar-refractivity contribution < 1.29 is 9.18 Å². The number of hydrogen-bond acceptors (Lipinski definition) is 2. The summed E-state index contributed by atoms with van der Waals surface area (Å²) in [5, 5.41) is 6.00. The number of hydrogen-bond donors (Lipinski definition) is 2. The van der Waals surface area contributed by atoms with Crippen LogP contribution in [0, 0.1) is 5.82 Å². The molecule has 0 aliphatic rings. The highest BCUT2D eigenvalue weighted by molar-refractivity contribution is 6.33. The Kier molecular flexibility index (Phi) is 5.94. The molecule has 0 spiro atoms. The Morgan fingerprint density at radius 1 is 1.35 bits per heavy atom. The zero-order valence-electron chi connectivity index (χ0n) is 9.72. The van der Waals surface area contributed by atoms with Gasteiger partial charge in [-0.05, 0) is 31.2 Å². The van der Waals surface area contributed by atoms with Crippen LogP contribution in [-0.4, -0.2) is 25.5 Å². The van der Waals surface area contributed by atoms with E-state index >= 15 is 0 Å². The van der Waals surface area contributed by atoms with Crippen LogP contribution in [0.2, 0.25) is 5.02 Å². The summed E-state index contributed by atoms with van der Waals surface area (Å²) in [5.41, 5.74) is 0.295. The van der Waals surface area contributed by atoms with Crippen molar-refractivity contribution >= 4 is 17.5 Å². The SMILES string of the molecule is CCCNCCNC(=O)c1ccc(F)cc1Cl. The Bertz CT molecular complexity index is 385. The summed E-state index contributed by atoms with van der Waals surface area (Å²) in [6.45, 7) is 4.22. The minimum Gasteiger partial charge on any atom is -0.351 e. The van der Waals surface area contributed by atoms with E-state index < -0.39 is 5.82 Å². The summed E-state index contributed by atoms with van der Waals surface area (Å²) >= 11 is 5.77. The fourth-order valence-corrected chi connectivity index (χ4v) is 1.59. The normalized spacial score (nSPS) is 10.3. The van der Waals surface area contributed by atoms with E-state index in [0.29, 0.717) is 18.7 Å². The maximum absolute atomic E-state index is 12.8. The Morgan fingerprint density at radius 2 is 2.12 bits per heavy atom. The first-order valence-corrected chi connectivity index (χ1v) is 5.97. The maximum atomic E-state index is 12.8. The van der Waals surface area contributed by atoms with Crippen molar-refractivity contribution in [2.24, 2.45) is 0 Å². The van der Waals surface area contributed by atoms with Crippen molar-refractivity contribution in [3.8, 4) is 0 Å². The van der Waals surface area contributed by atoms with Gasteiger partial charge in [0, 0.05) is 13.1 Å². The molecule has 3 nitrogen and oxygen atoms in total. The lowest BCUT2D eigenvalue weighted by Crippen LogP contribution is -2.32. The molecule has 1 aromatic rings. The molecule has 5 heteroatoms. The van der Waals surface area contributed by atoms with E-state index in [9.17, 15) is 9.18 Å². The average Bonchev–Trinajstić information content (AvgIpc) is 2.28. The fraction of sp³-hybridized carbons (Fsp3) is 0.417. The second kappa shape index (κ2) is 7.25. The van der Waals surface area contributed by atoms with Crippen LogP contribution in [-0.2, 0) is 0 Å². The highest BCUT2D eigenvalue weighted by atomic mass is 35.5. The summed E-state index contributed by atoms with van der Waals surface area (Å²) in [4.78, 5) is 11.7. The smallest absolute Gasteiger partial charge is 0.252 e. The van der Waals surface area contributed by atoms with Crippen LogP contribution < -0.4 is 10.6 Å². The largest absolute Gasteiger partial charge is 0.351 e. The van der Waals surface area contributed by atoms with Crippen molar-refractivity contribution in [3.63, 3.8) is 0 Å². The van der Waals surface area contributed by atoms with Gasteiger partial charge in [-0.15, -0.1) is 0 Å². The minimum atomic E-state index is -0.448. The minimum absolute atomic E-state index is 0.129. The summed E-state index contributed by atoms with van der Waals surface area (Å²) in [7, 11) is 0. The summed E-state index contributed by atoms with van der Waals surface area (Å²) in [6.07, 6.45) is 1.05. The van der Waals surface area contributed by atoms with Crippen LogP contribution in [0.25, 0.3) is 0 Å². The lowest BCUT2D eigenvalue weighted by atomic mass is 10.2. The molecule has 94 valence electrons. The maximum Gasteiger partial charge on any atom is 0.252 e. The highest BCUT2D eigenvalue weighted by Crippen LogP contribution is 2.16. The predicted octanol–water partition coefficient (Wildman–Crippen LogP) is 2.21. The Morgan fingerprint density at radius 3 is 2.76 bits per heavy atom. The molecule has 2 N–H and O–H groups in total. The van der Waals surface area contributed by atoms with Gasteiger partial charge in [-0.1, -0.05) is 18.5 Å². The molecule has 0 atom stereocenters. The predicted molar refractivity (Wildman–Crippen MR) is 66.9 cm³/mol. The van der Waals surface area contributed by atoms with Crippen molar-refractivity contribution in [2.75, 3.05) is 19.6 Å². The highest BCUT2D eigenvalue weighted by Gasteiger charge is 2.09. The molecule has 0 aliphatic carbocycles. The molecule has 0 aliphatic heterocycles. The lowest BCUT2D eigenvalue weighted by Gasteiger charge is -2.07. The van der Waals surface area contributed by atoms with Crippen molar-refractivity contribution in [1.29, 1.82) is 0 Å². The van der Waals surface area contributed by atoms with Crippen molar-refractivity contribution in [2.45, 2.75) is 13.3 Å². The molecule has 1 amide bonds. The van der Waals surface area contributed by atoms with Crippen LogP contribution in [0.3, 0.4) is 0 Å². The number of carbonyl (C=O) groups excluding carboxylic acids is 1. The van der Waals surface area contributed by atoms with E-state index in [1.165, 1.54) is 12.1 Å². The van der Waals surface area contributed by atoms with Gasteiger partial charge in [0.2, 0.25) is 0 Å². The number of carbonyl (C=O) groups is 1. The Balaban J connectivity index is 2.42. The quantitative estimate of drug-likeness (QED) is 0.768. The summed E-state index contributed by atoms with van der Waals surface area (Å²) in [5.74, 6) is -0.732. The summed E-state index contributed by atoms with van der Waals surface area (Å²) < 4.78 is 12.8. The number of rotatable bonds is 6. The molecule has 0 fully saturated rings. The number of amides is 1. The number of halogens is 2. The third-order valence-electron chi connectivity index (χ3n) is 2.19. The zero-order chi connectivity index (χ0) is 12.7. The van der Waals surface area contributed by atoms with E-state index in [0.717, 1.165) is 19.0 Å². The summed E-state index contributed by atoms with van der Waals surface area (Å²) in [6, 6.07) is 3.73. The van der Waals surface area contributed by atoms with Gasteiger partial charge in [0.05, 0.1) is 10.6 Å². The third kappa shape index (κ3) is 4.71. The van der Waals surface area contributed by atoms with Crippen LogP contribution in [0.5, 0.6) is 0 Å². The molecule has 1 aromatic carbocycles. The average molecular weight is 259 g/mol. The van der Waals surface area contributed by atoms with Gasteiger partial charge in [0.25, 0.3) is 5.91 Å². The first-order chi connectivity index (χ1) is 8.15. The molecule has 0 bridgehead atoms. The molecular formula is C12H16ClFN2O. The van der Waals surface area contributed by atoms with Gasteiger partial charge in [-0.3, -0.25) is 4.79 Å². The molecular weight excluding hydrogens is 243 g/mol. The standard InChI is InChI=1S/C12H16ClFN2O/c1-2-5-15-6-7-16-12(17)10-4-3-9(14)8-11(10)13/h3-4,8,15H,2,5-7H2,1H3,(H,16,17). The van der Waals surface area contributed by atoms with E-state index in [-0.39, 0.29) is 10.9 Å². The topological polar surface area (TPSA) is 41.1 Å². The Hall–Kier alpha value is -1.13. The van der Waals surface area contributed by atoms with Gasteiger partial charge in [-0.2, -0.15) is 0 Å². The van der Waals surface area contributed by atoms with Gasteiger partial charge in [0.15, 0.2) is 0 Å². The van der Waals surface area contributed by atoms with E-state index in [2.05, 4.69) is 17.6 Å². The molecule has 17 heavy (non-hydrogen) atoms. The second-order valence-corrected chi connectivity index (χ2v) is 4.04. The molecule has 1 rings (SSSR count).